The van der Waals surface area contributed by atoms with Crippen LogP contribution in [0.3, 0.4) is 0 Å². The van der Waals surface area contributed by atoms with Gasteiger partial charge >= 0.3 is 5.97 Å². The summed E-state index contributed by atoms with van der Waals surface area (Å²) in [5.74, 6) is -0.889. The number of carbonyl (C=O) groups is 1. The van der Waals surface area contributed by atoms with Gasteiger partial charge in [-0.3, -0.25) is 9.36 Å². The van der Waals surface area contributed by atoms with E-state index in [1.54, 1.807) is 23.8 Å². The molecule has 2 aromatic heterocycles. The molecule has 0 aliphatic rings. The van der Waals surface area contributed by atoms with Crippen molar-refractivity contribution in [2.45, 2.75) is 39.5 Å². The third-order valence-electron chi connectivity index (χ3n) is 4.98. The van der Waals surface area contributed by atoms with Gasteiger partial charge in [-0.1, -0.05) is 17.7 Å². The Morgan fingerprint density at radius 2 is 2.06 bits per heavy atom. The Hall–Kier alpha value is -3.43. The van der Waals surface area contributed by atoms with Crippen LogP contribution in [0, 0.1) is 5.82 Å². The van der Waals surface area contributed by atoms with Crippen LogP contribution in [0.2, 0.25) is 5.02 Å². The third kappa shape index (κ3) is 4.84. The fraction of sp³-hybridized carbons (Fsp3) is 0.261. The van der Waals surface area contributed by atoms with Gasteiger partial charge in [-0.05, 0) is 61.8 Å². The van der Waals surface area contributed by atoms with Gasteiger partial charge in [0.1, 0.15) is 6.04 Å². The molecule has 172 valence electrons. The van der Waals surface area contributed by atoms with Gasteiger partial charge in [0.05, 0.1) is 16.6 Å². The molecule has 0 amide bonds. The molecule has 0 aliphatic heterocycles. The fourth-order valence-corrected chi connectivity index (χ4v) is 3.53. The van der Waals surface area contributed by atoms with Crippen LogP contribution in [0.5, 0.6) is 5.75 Å². The molecule has 0 saturated heterocycles. The van der Waals surface area contributed by atoms with Crippen molar-refractivity contribution in [3.05, 3.63) is 59.0 Å². The van der Waals surface area contributed by atoms with Crippen LogP contribution >= 0.6 is 11.6 Å². The van der Waals surface area contributed by atoms with Crippen LogP contribution in [0.1, 0.15) is 26.3 Å². The number of nitrogens with one attached hydrogen (secondary N) is 1. The maximum Gasteiger partial charge on any atom is 0.320 e. The van der Waals surface area contributed by atoms with E-state index in [0.29, 0.717) is 17.1 Å². The number of hydrogen-bond donors (Lipinski definition) is 2. The average Bonchev–Trinajstić information content (AvgIpc) is 3.38. The lowest BCUT2D eigenvalue weighted by molar-refractivity contribution is -0.139. The first-order chi connectivity index (χ1) is 15.7. The van der Waals surface area contributed by atoms with Crippen molar-refractivity contribution in [1.29, 1.82) is 0 Å². The van der Waals surface area contributed by atoms with Crippen LogP contribution < -0.4 is 10.1 Å². The summed E-state index contributed by atoms with van der Waals surface area (Å²) in [6.07, 6.45) is 1.52. The van der Waals surface area contributed by atoms with Crippen molar-refractivity contribution >= 4 is 28.5 Å². The molecule has 4 rings (SSSR count). The lowest BCUT2D eigenvalue weighted by atomic mass is 10.1. The standard InChI is InChI=1S/C23H22ClFN4O4/c1-12(2)32-20-7-5-15(9-18(20)25)21-27-23(28-33-21)29-11-17(24)16-8-14(4-6-19(16)29)10-26-13(3)22(30)31/h4-9,11-13,26H,10H2,1-3H3,(H,30,31). The molecule has 0 fully saturated rings. The molecule has 2 aromatic carbocycles. The Balaban J connectivity index is 1.60. The number of carboxylic acid groups (broad SMARTS) is 1. The highest BCUT2D eigenvalue weighted by atomic mass is 35.5. The highest BCUT2D eigenvalue weighted by molar-refractivity contribution is 6.35. The summed E-state index contributed by atoms with van der Waals surface area (Å²) in [7, 11) is 0. The van der Waals surface area contributed by atoms with Gasteiger partial charge in [-0.15, -0.1) is 0 Å². The molecule has 8 nitrogen and oxygen atoms in total. The molecule has 4 aromatic rings. The van der Waals surface area contributed by atoms with Gasteiger partial charge in [-0.25, -0.2) is 4.39 Å². The van der Waals surface area contributed by atoms with Gasteiger partial charge in [0.15, 0.2) is 11.6 Å². The largest absolute Gasteiger partial charge is 0.488 e. The second-order valence-electron chi connectivity index (χ2n) is 7.85. The first kappa shape index (κ1) is 22.8. The molecule has 2 heterocycles. The molecule has 2 N–H and O–H groups in total. The van der Waals surface area contributed by atoms with Crippen LogP contribution in [0.4, 0.5) is 4.39 Å². The zero-order valence-electron chi connectivity index (χ0n) is 18.2. The smallest absolute Gasteiger partial charge is 0.320 e. The minimum atomic E-state index is -0.921. The molecule has 0 saturated carbocycles. The second-order valence-corrected chi connectivity index (χ2v) is 8.26. The van der Waals surface area contributed by atoms with E-state index in [4.69, 9.17) is 26.0 Å². The zero-order chi connectivity index (χ0) is 23.7. The molecule has 1 atom stereocenters. The maximum atomic E-state index is 14.4. The van der Waals surface area contributed by atoms with E-state index in [1.165, 1.54) is 12.1 Å². The number of ether oxygens (including phenoxy) is 1. The summed E-state index contributed by atoms with van der Waals surface area (Å²) in [6, 6.07) is 9.37. The molecule has 0 radical (unpaired) electrons. The Bertz CT molecular complexity index is 1320. The van der Waals surface area contributed by atoms with Crippen molar-refractivity contribution in [3.63, 3.8) is 0 Å². The van der Waals surface area contributed by atoms with Crippen molar-refractivity contribution in [2.75, 3.05) is 0 Å². The Labute approximate surface area is 193 Å². The molecule has 0 aliphatic carbocycles. The van der Waals surface area contributed by atoms with Crippen molar-refractivity contribution in [2.24, 2.45) is 0 Å². The minimum Gasteiger partial charge on any atom is -0.488 e. The number of rotatable bonds is 8. The summed E-state index contributed by atoms with van der Waals surface area (Å²) in [4.78, 5) is 15.4. The lowest BCUT2D eigenvalue weighted by Crippen LogP contribution is -2.33. The van der Waals surface area contributed by atoms with E-state index in [9.17, 15) is 9.18 Å². The van der Waals surface area contributed by atoms with Gasteiger partial charge in [0.2, 0.25) is 0 Å². The molecular formula is C23H22ClFN4O4. The van der Waals surface area contributed by atoms with Crippen molar-refractivity contribution in [3.8, 4) is 23.2 Å². The zero-order valence-corrected chi connectivity index (χ0v) is 18.9. The van der Waals surface area contributed by atoms with E-state index in [-0.39, 0.29) is 23.7 Å². The van der Waals surface area contributed by atoms with E-state index in [1.807, 2.05) is 32.0 Å². The molecule has 10 heteroatoms. The van der Waals surface area contributed by atoms with Crippen LogP contribution in [0.15, 0.2) is 47.1 Å². The number of aromatic nitrogens is 3. The van der Waals surface area contributed by atoms with Crippen LogP contribution in [0.25, 0.3) is 28.3 Å². The monoisotopic (exact) mass is 472 g/mol. The number of halogens is 2. The maximum absolute atomic E-state index is 14.4. The highest BCUT2D eigenvalue weighted by Gasteiger charge is 2.17. The van der Waals surface area contributed by atoms with Gasteiger partial charge < -0.3 is 19.7 Å². The molecule has 33 heavy (non-hydrogen) atoms. The Morgan fingerprint density at radius 3 is 2.76 bits per heavy atom. The van der Waals surface area contributed by atoms with Gasteiger partial charge in [-0.2, -0.15) is 4.98 Å². The van der Waals surface area contributed by atoms with Gasteiger partial charge in [0.25, 0.3) is 11.8 Å². The fourth-order valence-electron chi connectivity index (χ4n) is 3.28. The van der Waals surface area contributed by atoms with E-state index >= 15 is 0 Å². The normalized spacial score (nSPS) is 12.4. The summed E-state index contributed by atoms with van der Waals surface area (Å²) in [5.41, 5.74) is 2.04. The predicted molar refractivity (Wildman–Crippen MR) is 121 cm³/mol. The molecule has 1 unspecified atom stereocenters. The predicted octanol–water partition coefficient (Wildman–Crippen LogP) is 4.82. The molecule has 0 spiro atoms. The Morgan fingerprint density at radius 1 is 1.27 bits per heavy atom. The summed E-state index contributed by atoms with van der Waals surface area (Å²) < 4.78 is 26.8. The topological polar surface area (TPSA) is 102 Å². The van der Waals surface area contributed by atoms with E-state index in [2.05, 4.69) is 15.5 Å². The number of hydrogen-bond acceptors (Lipinski definition) is 6. The number of aliphatic carboxylic acids is 1. The summed E-state index contributed by atoms with van der Waals surface area (Å²) in [6.45, 7) is 5.59. The SMILES string of the molecule is CC(C)Oc1ccc(-c2nc(-n3cc(Cl)c4cc(CNC(C)C(=O)O)ccc43)no2)cc1F. The van der Waals surface area contributed by atoms with Crippen molar-refractivity contribution in [1.82, 2.24) is 20.0 Å². The number of benzene rings is 2. The molecule has 0 bridgehead atoms. The summed E-state index contributed by atoms with van der Waals surface area (Å²) in [5, 5.41) is 17.2. The quantitative estimate of drug-likeness (QED) is 0.379. The number of nitrogens with zero attached hydrogens (tertiary/aromatic N) is 3. The van der Waals surface area contributed by atoms with Gasteiger partial charge in [0, 0.05) is 23.7 Å². The van der Waals surface area contributed by atoms with E-state index in [0.717, 1.165) is 16.5 Å². The summed E-state index contributed by atoms with van der Waals surface area (Å²) >= 11 is 6.43. The van der Waals surface area contributed by atoms with E-state index < -0.39 is 17.8 Å². The lowest BCUT2D eigenvalue weighted by Gasteiger charge is -2.10. The third-order valence-corrected chi connectivity index (χ3v) is 5.28. The van der Waals surface area contributed by atoms with Crippen molar-refractivity contribution < 1.29 is 23.6 Å². The van der Waals surface area contributed by atoms with Crippen LogP contribution in [-0.4, -0.2) is 37.9 Å². The first-order valence-corrected chi connectivity index (χ1v) is 10.7. The first-order valence-electron chi connectivity index (χ1n) is 10.3. The minimum absolute atomic E-state index is 0.149. The number of fused-ring (bicyclic) bond motifs is 1. The molecular weight excluding hydrogens is 451 g/mol. The number of carboxylic acids is 1. The highest BCUT2D eigenvalue weighted by Crippen LogP contribution is 2.30. The Kier molecular flexibility index (Phi) is 6.35. The average molecular weight is 473 g/mol. The van der Waals surface area contributed by atoms with Crippen LogP contribution in [-0.2, 0) is 11.3 Å². The second kappa shape index (κ2) is 9.21.